The number of carbonyl (C=O) groups excluding carboxylic acids is 2. The molecule has 0 fully saturated rings. The molecule has 0 bridgehead atoms. The topological polar surface area (TPSA) is 34.1 Å². The van der Waals surface area contributed by atoms with E-state index in [9.17, 15) is 9.59 Å². The van der Waals surface area contributed by atoms with Gasteiger partial charge in [-0.05, 0) is 25.7 Å². The molecule has 0 amide bonds. The van der Waals surface area contributed by atoms with Crippen molar-refractivity contribution in [3.05, 3.63) is 12.7 Å². The summed E-state index contributed by atoms with van der Waals surface area (Å²) in [5, 5.41) is 0. The fraction of sp³-hybridized carbons (Fsp3) is 0.810. The molecule has 0 saturated carbocycles. The molecule has 0 aliphatic carbocycles. The molecule has 2 nitrogen and oxygen atoms in total. The smallest absolute Gasteiger partial charge is 0.119 e. The Hall–Kier alpha value is -0.920. The van der Waals surface area contributed by atoms with Crippen molar-refractivity contribution in [2.45, 2.75) is 110 Å². The first-order valence-corrected chi connectivity index (χ1v) is 9.81. The first kappa shape index (κ1) is 24.3. The van der Waals surface area contributed by atoms with E-state index in [1.54, 1.807) is 0 Å². The van der Waals surface area contributed by atoms with Gasteiger partial charge in [0.05, 0.1) is 0 Å². The van der Waals surface area contributed by atoms with Crippen molar-refractivity contribution >= 4 is 12.6 Å². The molecule has 0 unspecified atom stereocenters. The van der Waals surface area contributed by atoms with E-state index in [2.05, 4.69) is 13.5 Å². The van der Waals surface area contributed by atoms with Gasteiger partial charge in [0, 0.05) is 12.8 Å². The van der Waals surface area contributed by atoms with Crippen LogP contribution in [0.4, 0.5) is 0 Å². The van der Waals surface area contributed by atoms with Crippen LogP contribution in [0, 0.1) is 0 Å². The summed E-state index contributed by atoms with van der Waals surface area (Å²) in [6.45, 7) is 5.91. The highest BCUT2D eigenvalue weighted by molar-refractivity contribution is 5.49. The molecule has 0 aliphatic heterocycles. The largest absolute Gasteiger partial charge is 0.303 e. The Labute approximate surface area is 145 Å². The average Bonchev–Trinajstić information content (AvgIpc) is 2.57. The maximum atomic E-state index is 9.97. The Morgan fingerprint density at radius 1 is 0.565 bits per heavy atom. The average molecular weight is 325 g/mol. The number of unbranched alkanes of at least 4 members (excludes halogenated alkanes) is 14. The summed E-state index contributed by atoms with van der Waals surface area (Å²) in [5.41, 5.74) is 0. The molecule has 0 radical (unpaired) electrons. The van der Waals surface area contributed by atoms with E-state index in [0.29, 0.717) is 0 Å². The Morgan fingerprint density at radius 3 is 1.26 bits per heavy atom. The van der Waals surface area contributed by atoms with Gasteiger partial charge in [0.2, 0.25) is 0 Å². The highest BCUT2D eigenvalue weighted by atomic mass is 16.1. The van der Waals surface area contributed by atoms with Crippen LogP contribution in [0.2, 0.25) is 0 Å². The lowest BCUT2D eigenvalue weighted by Gasteiger charge is -1.97. The zero-order valence-electron chi connectivity index (χ0n) is 15.6. The first-order chi connectivity index (χ1) is 11.3. The molecular formula is C21H40O2. The second kappa shape index (κ2) is 26.0. The minimum atomic E-state index is 0.743. The lowest BCUT2D eigenvalue weighted by atomic mass is 10.1. The number of aldehydes is 2. The van der Waals surface area contributed by atoms with Crippen LogP contribution in [0.15, 0.2) is 12.7 Å². The zero-order chi connectivity index (χ0) is 17.4. The molecule has 136 valence electrons. The summed E-state index contributed by atoms with van der Waals surface area (Å²) in [4.78, 5) is 19.9. The standard InChI is InChI=1S/C11H20O.C10H20O/c1-2-3-4-5-6-7-8-9-10-11-12;1-2-3-4-5-6-7-8-9-10-11/h2,11H,1,3-10H2;10H,2-9H2,1H3. The van der Waals surface area contributed by atoms with E-state index in [4.69, 9.17) is 0 Å². The summed E-state index contributed by atoms with van der Waals surface area (Å²) in [6, 6.07) is 0. The van der Waals surface area contributed by atoms with Gasteiger partial charge in [-0.3, -0.25) is 0 Å². The molecule has 23 heavy (non-hydrogen) atoms. The monoisotopic (exact) mass is 324 g/mol. The summed E-state index contributed by atoms with van der Waals surface area (Å²) in [6.07, 6.45) is 23.2. The Morgan fingerprint density at radius 2 is 0.913 bits per heavy atom. The van der Waals surface area contributed by atoms with Gasteiger partial charge in [-0.25, -0.2) is 0 Å². The lowest BCUT2D eigenvalue weighted by Crippen LogP contribution is -1.80. The highest BCUT2D eigenvalue weighted by Crippen LogP contribution is 2.08. The van der Waals surface area contributed by atoms with Gasteiger partial charge in [-0.15, -0.1) is 6.58 Å². The molecular weight excluding hydrogens is 284 g/mol. The molecule has 0 atom stereocenters. The molecule has 0 heterocycles. The van der Waals surface area contributed by atoms with Crippen molar-refractivity contribution in [3.63, 3.8) is 0 Å². The van der Waals surface area contributed by atoms with Crippen molar-refractivity contribution in [2.24, 2.45) is 0 Å². The van der Waals surface area contributed by atoms with Crippen LogP contribution in [-0.2, 0) is 9.59 Å². The van der Waals surface area contributed by atoms with Crippen molar-refractivity contribution in [1.29, 1.82) is 0 Å². The molecule has 0 aromatic carbocycles. The predicted octanol–water partition coefficient (Wildman–Crippen LogP) is 6.82. The quantitative estimate of drug-likeness (QED) is 0.167. The summed E-state index contributed by atoms with van der Waals surface area (Å²) in [7, 11) is 0. The Kier molecular flexibility index (Phi) is 27.5. The van der Waals surface area contributed by atoms with Crippen LogP contribution < -0.4 is 0 Å². The number of rotatable bonds is 17. The fourth-order valence-electron chi connectivity index (χ4n) is 2.41. The van der Waals surface area contributed by atoms with Crippen LogP contribution >= 0.6 is 0 Å². The maximum absolute atomic E-state index is 9.97. The molecule has 0 rings (SSSR count). The van der Waals surface area contributed by atoms with Crippen LogP contribution in [0.1, 0.15) is 110 Å². The van der Waals surface area contributed by atoms with Gasteiger partial charge in [0.15, 0.2) is 0 Å². The third kappa shape index (κ3) is 29.7. The predicted molar refractivity (Wildman–Crippen MR) is 102 cm³/mol. The van der Waals surface area contributed by atoms with Gasteiger partial charge in [0.25, 0.3) is 0 Å². The van der Waals surface area contributed by atoms with Gasteiger partial charge < -0.3 is 9.59 Å². The molecule has 0 spiro atoms. The Balaban J connectivity index is 0. The minimum Gasteiger partial charge on any atom is -0.303 e. The molecule has 0 aromatic rings. The minimum absolute atomic E-state index is 0.743. The molecule has 0 aromatic heterocycles. The van der Waals surface area contributed by atoms with Gasteiger partial charge >= 0.3 is 0 Å². The lowest BCUT2D eigenvalue weighted by molar-refractivity contribution is -0.108. The van der Waals surface area contributed by atoms with E-state index >= 15 is 0 Å². The van der Waals surface area contributed by atoms with E-state index in [1.165, 1.54) is 70.6 Å². The normalized spacial score (nSPS) is 9.78. The molecule has 0 N–H and O–H groups in total. The summed E-state index contributed by atoms with van der Waals surface area (Å²) < 4.78 is 0. The second-order valence-electron chi connectivity index (χ2n) is 6.23. The van der Waals surface area contributed by atoms with Gasteiger partial charge in [-0.2, -0.15) is 0 Å². The van der Waals surface area contributed by atoms with E-state index < -0.39 is 0 Å². The summed E-state index contributed by atoms with van der Waals surface area (Å²) in [5.74, 6) is 0. The molecule has 0 saturated heterocycles. The van der Waals surface area contributed by atoms with Crippen LogP contribution in [-0.4, -0.2) is 12.6 Å². The van der Waals surface area contributed by atoms with E-state index in [0.717, 1.165) is 44.7 Å². The molecule has 0 aliphatic rings. The Bertz CT molecular complexity index is 222. The van der Waals surface area contributed by atoms with Gasteiger partial charge in [0.1, 0.15) is 12.6 Å². The van der Waals surface area contributed by atoms with E-state index in [-0.39, 0.29) is 0 Å². The number of allylic oxidation sites excluding steroid dienone is 1. The summed E-state index contributed by atoms with van der Waals surface area (Å²) >= 11 is 0. The van der Waals surface area contributed by atoms with Crippen LogP contribution in [0.3, 0.4) is 0 Å². The number of carbonyl (C=O) groups is 2. The molecule has 2 heteroatoms. The second-order valence-corrected chi connectivity index (χ2v) is 6.23. The van der Waals surface area contributed by atoms with Crippen molar-refractivity contribution < 1.29 is 9.59 Å². The van der Waals surface area contributed by atoms with Crippen molar-refractivity contribution in [1.82, 2.24) is 0 Å². The van der Waals surface area contributed by atoms with Crippen molar-refractivity contribution in [2.75, 3.05) is 0 Å². The van der Waals surface area contributed by atoms with Gasteiger partial charge in [-0.1, -0.05) is 77.2 Å². The van der Waals surface area contributed by atoms with Crippen molar-refractivity contribution in [3.8, 4) is 0 Å². The maximum Gasteiger partial charge on any atom is 0.119 e. The van der Waals surface area contributed by atoms with Crippen LogP contribution in [0.5, 0.6) is 0 Å². The van der Waals surface area contributed by atoms with E-state index in [1.807, 2.05) is 6.08 Å². The fourth-order valence-corrected chi connectivity index (χ4v) is 2.41. The first-order valence-electron chi connectivity index (χ1n) is 9.81. The zero-order valence-corrected chi connectivity index (χ0v) is 15.6. The number of hydrogen-bond acceptors (Lipinski definition) is 2. The third-order valence-electron chi connectivity index (χ3n) is 3.91. The van der Waals surface area contributed by atoms with Crippen LogP contribution in [0.25, 0.3) is 0 Å². The highest BCUT2D eigenvalue weighted by Gasteiger charge is 1.90. The SMILES string of the molecule is C=CCCCCCCCCC=O.CCCCCCCCCC=O. The third-order valence-corrected chi connectivity index (χ3v) is 3.91. The number of hydrogen-bond donors (Lipinski definition) is 0.